The Morgan fingerprint density at radius 3 is 2.54 bits per heavy atom. The van der Waals surface area contributed by atoms with Gasteiger partial charge in [-0.2, -0.15) is 0 Å². The lowest BCUT2D eigenvalue weighted by atomic mass is 10.2. The van der Waals surface area contributed by atoms with Gasteiger partial charge in [-0.3, -0.25) is 4.79 Å². The van der Waals surface area contributed by atoms with Gasteiger partial charge in [0.05, 0.1) is 18.8 Å². The van der Waals surface area contributed by atoms with Crippen LogP contribution in [0.1, 0.15) is 36.2 Å². The van der Waals surface area contributed by atoms with E-state index in [0.717, 1.165) is 12.0 Å². The summed E-state index contributed by atoms with van der Waals surface area (Å²) in [4.78, 5) is 24.2. The van der Waals surface area contributed by atoms with E-state index in [0.29, 0.717) is 29.7 Å². The zero-order valence-electron chi connectivity index (χ0n) is 16.0. The van der Waals surface area contributed by atoms with Gasteiger partial charge in [0, 0.05) is 11.6 Å². The molecule has 0 bridgehead atoms. The first-order chi connectivity index (χ1) is 13.5. The molecule has 7 heteroatoms. The van der Waals surface area contributed by atoms with Gasteiger partial charge in [-0.1, -0.05) is 36.7 Å². The highest BCUT2D eigenvalue weighted by Crippen LogP contribution is 2.29. The molecule has 2 aromatic carbocycles. The number of rotatable bonds is 10. The minimum atomic E-state index is -0.615. The Balaban J connectivity index is 1.90. The van der Waals surface area contributed by atoms with E-state index in [-0.39, 0.29) is 18.7 Å². The van der Waals surface area contributed by atoms with Gasteiger partial charge in [-0.25, -0.2) is 4.79 Å². The molecule has 0 aliphatic carbocycles. The highest BCUT2D eigenvalue weighted by molar-refractivity contribution is 6.31. The fourth-order valence-corrected chi connectivity index (χ4v) is 2.54. The van der Waals surface area contributed by atoms with Crippen LogP contribution in [0.4, 0.5) is 0 Å². The molecule has 1 N–H and O–H groups in total. The van der Waals surface area contributed by atoms with Crippen LogP contribution in [-0.4, -0.2) is 31.7 Å². The Morgan fingerprint density at radius 2 is 1.82 bits per heavy atom. The van der Waals surface area contributed by atoms with Crippen molar-refractivity contribution in [1.82, 2.24) is 5.32 Å². The maximum atomic E-state index is 12.2. The first-order valence-electron chi connectivity index (χ1n) is 9.12. The van der Waals surface area contributed by atoms with Crippen molar-refractivity contribution in [3.05, 3.63) is 58.6 Å². The van der Waals surface area contributed by atoms with Crippen LogP contribution in [0, 0.1) is 0 Å². The molecule has 0 unspecified atom stereocenters. The van der Waals surface area contributed by atoms with Crippen molar-refractivity contribution < 1.29 is 23.8 Å². The van der Waals surface area contributed by atoms with E-state index in [1.54, 1.807) is 24.3 Å². The lowest BCUT2D eigenvalue weighted by Gasteiger charge is -2.13. The van der Waals surface area contributed by atoms with Gasteiger partial charge in [0.15, 0.2) is 18.1 Å². The van der Waals surface area contributed by atoms with Crippen LogP contribution in [0.25, 0.3) is 0 Å². The first kappa shape index (κ1) is 21.6. The Kier molecular flexibility index (Phi) is 8.62. The molecule has 2 aromatic rings. The molecule has 0 radical (unpaired) electrons. The average Bonchev–Trinajstić information content (AvgIpc) is 2.70. The van der Waals surface area contributed by atoms with Crippen LogP contribution in [0.15, 0.2) is 42.5 Å². The fraction of sp³-hybridized carbons (Fsp3) is 0.333. The van der Waals surface area contributed by atoms with Crippen molar-refractivity contribution in [2.45, 2.75) is 26.8 Å². The van der Waals surface area contributed by atoms with Gasteiger partial charge in [-0.15, -0.1) is 0 Å². The SMILES string of the molecule is CCCOc1ccc(C(=O)OCC(=O)NCc2ccccc2Cl)cc1OCC. The van der Waals surface area contributed by atoms with Gasteiger partial charge >= 0.3 is 5.97 Å². The lowest BCUT2D eigenvalue weighted by Crippen LogP contribution is -2.28. The molecule has 0 spiro atoms. The number of carbonyl (C=O) groups excluding carboxylic acids is 2. The molecule has 6 nitrogen and oxygen atoms in total. The first-order valence-corrected chi connectivity index (χ1v) is 9.49. The molecule has 0 aliphatic heterocycles. The zero-order chi connectivity index (χ0) is 20.4. The smallest absolute Gasteiger partial charge is 0.338 e. The maximum Gasteiger partial charge on any atom is 0.338 e. The number of benzene rings is 2. The number of esters is 1. The number of carbonyl (C=O) groups is 2. The van der Waals surface area contributed by atoms with Crippen molar-refractivity contribution in [1.29, 1.82) is 0 Å². The van der Waals surface area contributed by atoms with E-state index in [9.17, 15) is 9.59 Å². The van der Waals surface area contributed by atoms with Gasteiger partial charge in [0.25, 0.3) is 5.91 Å². The van der Waals surface area contributed by atoms with Crippen molar-refractivity contribution in [3.8, 4) is 11.5 Å². The van der Waals surface area contributed by atoms with Crippen molar-refractivity contribution in [3.63, 3.8) is 0 Å². The fourth-order valence-electron chi connectivity index (χ4n) is 2.34. The molecule has 28 heavy (non-hydrogen) atoms. The van der Waals surface area contributed by atoms with Crippen LogP contribution in [0.3, 0.4) is 0 Å². The average molecular weight is 406 g/mol. The van der Waals surface area contributed by atoms with E-state index < -0.39 is 11.9 Å². The Bertz CT molecular complexity index is 809. The molecule has 0 atom stereocenters. The monoisotopic (exact) mass is 405 g/mol. The molecule has 0 saturated heterocycles. The van der Waals surface area contributed by atoms with Crippen LogP contribution in [0.2, 0.25) is 5.02 Å². The summed E-state index contributed by atoms with van der Waals surface area (Å²) in [5, 5.41) is 3.23. The van der Waals surface area contributed by atoms with Crippen LogP contribution < -0.4 is 14.8 Å². The minimum absolute atomic E-state index is 0.258. The molecule has 150 valence electrons. The van der Waals surface area contributed by atoms with Crippen LogP contribution in [0.5, 0.6) is 11.5 Å². The van der Waals surface area contributed by atoms with Crippen molar-refractivity contribution in [2.24, 2.45) is 0 Å². The highest BCUT2D eigenvalue weighted by atomic mass is 35.5. The third-order valence-corrected chi connectivity index (χ3v) is 4.08. The maximum absolute atomic E-state index is 12.2. The van der Waals surface area contributed by atoms with Crippen molar-refractivity contribution >= 4 is 23.5 Å². The number of amides is 1. The number of ether oxygens (including phenoxy) is 3. The Labute approximate surface area is 169 Å². The molecule has 0 aliphatic rings. The summed E-state index contributed by atoms with van der Waals surface area (Å²) in [5.74, 6) is 0.00314. The molecule has 2 rings (SSSR count). The van der Waals surface area contributed by atoms with Crippen LogP contribution in [-0.2, 0) is 16.1 Å². The second-order valence-electron chi connectivity index (χ2n) is 5.89. The van der Waals surface area contributed by atoms with Gasteiger partial charge in [0.2, 0.25) is 0 Å². The molecule has 0 fully saturated rings. The van der Waals surface area contributed by atoms with Crippen LogP contribution >= 0.6 is 11.6 Å². The summed E-state index contributed by atoms with van der Waals surface area (Å²) in [6.45, 7) is 4.71. The second-order valence-corrected chi connectivity index (χ2v) is 6.29. The standard InChI is InChI=1S/C21H24ClNO5/c1-3-11-27-18-10-9-15(12-19(18)26-4-2)21(25)28-14-20(24)23-13-16-7-5-6-8-17(16)22/h5-10,12H,3-4,11,13-14H2,1-2H3,(H,23,24). The van der Waals surface area contributed by atoms with E-state index in [1.165, 1.54) is 0 Å². The van der Waals surface area contributed by atoms with E-state index in [1.807, 2.05) is 32.0 Å². The summed E-state index contributed by atoms with van der Waals surface area (Å²) >= 11 is 6.04. The molecule has 0 aromatic heterocycles. The Morgan fingerprint density at radius 1 is 1.04 bits per heavy atom. The molecule has 0 saturated carbocycles. The summed E-state index contributed by atoms with van der Waals surface area (Å²) in [5.41, 5.74) is 1.07. The molecular weight excluding hydrogens is 382 g/mol. The normalized spacial score (nSPS) is 10.2. The van der Waals surface area contributed by atoms with Gasteiger partial charge < -0.3 is 19.5 Å². The predicted octanol–water partition coefficient (Wildman–Crippen LogP) is 4.00. The molecular formula is C21H24ClNO5. The number of hydrogen-bond donors (Lipinski definition) is 1. The minimum Gasteiger partial charge on any atom is -0.490 e. The quantitative estimate of drug-likeness (QED) is 0.605. The van der Waals surface area contributed by atoms with E-state index in [4.69, 9.17) is 25.8 Å². The van der Waals surface area contributed by atoms with E-state index >= 15 is 0 Å². The van der Waals surface area contributed by atoms with Gasteiger partial charge in [0.1, 0.15) is 0 Å². The zero-order valence-corrected chi connectivity index (χ0v) is 16.8. The predicted molar refractivity (Wildman–Crippen MR) is 107 cm³/mol. The van der Waals surface area contributed by atoms with Gasteiger partial charge in [-0.05, 0) is 43.2 Å². The largest absolute Gasteiger partial charge is 0.490 e. The summed E-state index contributed by atoms with van der Waals surface area (Å²) in [6.07, 6.45) is 0.860. The number of nitrogens with one attached hydrogen (secondary N) is 1. The molecule has 1 amide bonds. The third kappa shape index (κ3) is 6.46. The second kappa shape index (κ2) is 11.2. The summed E-state index contributed by atoms with van der Waals surface area (Å²) in [6, 6.07) is 12.0. The molecule has 0 heterocycles. The highest BCUT2D eigenvalue weighted by Gasteiger charge is 2.14. The topological polar surface area (TPSA) is 73.9 Å². The van der Waals surface area contributed by atoms with Crippen molar-refractivity contribution in [2.75, 3.05) is 19.8 Å². The Hall–Kier alpha value is -2.73. The third-order valence-electron chi connectivity index (χ3n) is 3.71. The summed E-state index contributed by atoms with van der Waals surface area (Å²) in [7, 11) is 0. The number of halogens is 1. The lowest BCUT2D eigenvalue weighted by molar-refractivity contribution is -0.124. The number of hydrogen-bond acceptors (Lipinski definition) is 5. The summed E-state index contributed by atoms with van der Waals surface area (Å²) < 4.78 is 16.2. The van der Waals surface area contributed by atoms with E-state index in [2.05, 4.69) is 5.32 Å².